The fraction of sp³-hybridized carbons (Fsp3) is 0.475. The topological polar surface area (TPSA) is 118 Å². The molecule has 9 nitrogen and oxygen atoms in total. The highest BCUT2D eigenvalue weighted by molar-refractivity contribution is 6.00. The molecule has 3 aromatic carbocycles. The van der Waals surface area contributed by atoms with Gasteiger partial charge in [-0.05, 0) is 98.6 Å². The third kappa shape index (κ3) is 12.4. The number of hydrogen-bond acceptors (Lipinski definition) is 9. The lowest BCUT2D eigenvalue weighted by molar-refractivity contribution is -0.102. The average molecular weight is 677 g/mol. The molecule has 0 heterocycles. The van der Waals surface area contributed by atoms with E-state index in [1.807, 2.05) is 88.4 Å². The Morgan fingerprint density at radius 3 is 1.35 bits per heavy atom. The molecule has 0 unspecified atom stereocenters. The Hall–Kier alpha value is -4.05. The van der Waals surface area contributed by atoms with E-state index in [9.17, 15) is 19.5 Å². The van der Waals surface area contributed by atoms with Crippen LogP contribution in [-0.2, 0) is 35.7 Å². The van der Waals surface area contributed by atoms with Crippen LogP contribution in [0.2, 0.25) is 0 Å². The highest BCUT2D eigenvalue weighted by Gasteiger charge is 2.33. The minimum Gasteiger partial charge on any atom is -0.454 e. The summed E-state index contributed by atoms with van der Waals surface area (Å²) in [6, 6.07) is 23.5. The van der Waals surface area contributed by atoms with Crippen molar-refractivity contribution in [3.05, 3.63) is 107 Å². The van der Waals surface area contributed by atoms with Crippen molar-refractivity contribution in [3.8, 4) is 0 Å². The van der Waals surface area contributed by atoms with E-state index in [1.165, 1.54) is 18.2 Å². The van der Waals surface area contributed by atoms with Crippen molar-refractivity contribution in [2.24, 2.45) is 0 Å². The third-order valence-corrected chi connectivity index (χ3v) is 7.66. The van der Waals surface area contributed by atoms with Crippen LogP contribution in [0.3, 0.4) is 0 Å². The zero-order chi connectivity index (χ0) is 36.7. The van der Waals surface area contributed by atoms with E-state index in [-0.39, 0.29) is 29.9 Å². The summed E-state index contributed by atoms with van der Waals surface area (Å²) in [5, 5.41) is 9.65. The standard InChI is InChI=1S/C40H52O9/c1-36(2,24-28-17-13-11-14-18-28)45-26-38(5,6)48-34(43)30-21-29(33(42)47-37(3,4)25-41)22-31(23-30)35(44)49-39(7,8)27-46-40(9,10)32-19-15-12-16-20-32/h11-23,41H,24-27H2,1-10H3. The number of benzene rings is 3. The van der Waals surface area contributed by atoms with E-state index in [2.05, 4.69) is 0 Å². The average Bonchev–Trinajstić information content (AvgIpc) is 3.03. The molecular formula is C40H52O9. The summed E-state index contributed by atoms with van der Waals surface area (Å²) < 4.78 is 29.5. The van der Waals surface area contributed by atoms with Crippen molar-refractivity contribution in [1.29, 1.82) is 0 Å². The molecule has 0 aliphatic heterocycles. The van der Waals surface area contributed by atoms with Crippen LogP contribution in [0.4, 0.5) is 0 Å². The predicted octanol–water partition coefficient (Wildman–Crippen LogP) is 7.47. The zero-order valence-electron chi connectivity index (χ0n) is 30.5. The van der Waals surface area contributed by atoms with Gasteiger partial charge in [0.25, 0.3) is 0 Å². The number of carbonyl (C=O) groups excluding carboxylic acids is 3. The van der Waals surface area contributed by atoms with Gasteiger partial charge >= 0.3 is 17.9 Å². The maximum Gasteiger partial charge on any atom is 0.338 e. The van der Waals surface area contributed by atoms with Gasteiger partial charge in [-0.2, -0.15) is 0 Å². The summed E-state index contributed by atoms with van der Waals surface area (Å²) in [6.45, 7) is 17.5. The smallest absolute Gasteiger partial charge is 0.338 e. The van der Waals surface area contributed by atoms with Crippen molar-refractivity contribution in [2.45, 2.75) is 104 Å². The van der Waals surface area contributed by atoms with E-state index in [4.69, 9.17) is 23.7 Å². The van der Waals surface area contributed by atoms with Gasteiger partial charge in [0.15, 0.2) is 0 Å². The maximum absolute atomic E-state index is 13.6. The first-order chi connectivity index (χ1) is 22.6. The first kappa shape index (κ1) is 39.4. The number of aliphatic hydroxyl groups is 1. The number of aliphatic hydroxyl groups excluding tert-OH is 1. The lowest BCUT2D eigenvalue weighted by atomic mass is 9.98. The van der Waals surface area contributed by atoms with Crippen LogP contribution in [0.5, 0.6) is 0 Å². The summed E-state index contributed by atoms with van der Waals surface area (Å²) in [6.07, 6.45) is 0.656. The summed E-state index contributed by atoms with van der Waals surface area (Å²) in [4.78, 5) is 40.3. The van der Waals surface area contributed by atoms with Crippen molar-refractivity contribution < 1.29 is 43.2 Å². The first-order valence-electron chi connectivity index (χ1n) is 16.5. The highest BCUT2D eigenvalue weighted by Crippen LogP contribution is 2.28. The van der Waals surface area contributed by atoms with Crippen LogP contribution in [0.1, 0.15) is 111 Å². The third-order valence-electron chi connectivity index (χ3n) is 7.66. The van der Waals surface area contributed by atoms with Gasteiger partial charge in [-0.3, -0.25) is 0 Å². The Bertz CT molecular complexity index is 1570. The number of ether oxygens (including phenoxy) is 5. The fourth-order valence-corrected chi connectivity index (χ4v) is 4.79. The quantitative estimate of drug-likeness (QED) is 0.122. The predicted molar refractivity (Wildman–Crippen MR) is 188 cm³/mol. The molecule has 0 amide bonds. The van der Waals surface area contributed by atoms with Crippen LogP contribution in [0.25, 0.3) is 0 Å². The first-order valence-corrected chi connectivity index (χ1v) is 16.5. The van der Waals surface area contributed by atoms with Crippen LogP contribution >= 0.6 is 0 Å². The Morgan fingerprint density at radius 2 is 0.918 bits per heavy atom. The molecule has 0 atom stereocenters. The molecule has 0 bridgehead atoms. The van der Waals surface area contributed by atoms with Gasteiger partial charge in [-0.25, -0.2) is 14.4 Å². The normalized spacial score (nSPS) is 12.7. The molecule has 266 valence electrons. The van der Waals surface area contributed by atoms with E-state index in [0.717, 1.165) is 11.1 Å². The molecule has 0 aliphatic carbocycles. The van der Waals surface area contributed by atoms with E-state index >= 15 is 0 Å². The van der Waals surface area contributed by atoms with Gasteiger partial charge in [-0.1, -0.05) is 60.7 Å². The SMILES string of the molecule is CC(C)(Cc1ccccc1)OCC(C)(C)OC(=O)c1cc(C(=O)OC(C)(C)CO)cc(C(=O)OC(C)(C)COC(C)(C)c2ccccc2)c1. The number of carbonyl (C=O) groups is 3. The Morgan fingerprint density at radius 1 is 0.531 bits per heavy atom. The van der Waals surface area contributed by atoms with Gasteiger partial charge in [0, 0.05) is 6.42 Å². The second kappa shape index (κ2) is 15.7. The van der Waals surface area contributed by atoms with Crippen molar-refractivity contribution in [1.82, 2.24) is 0 Å². The molecule has 0 aromatic heterocycles. The Labute approximate surface area is 290 Å². The fourth-order valence-electron chi connectivity index (χ4n) is 4.79. The molecule has 3 aromatic rings. The largest absolute Gasteiger partial charge is 0.454 e. The minimum absolute atomic E-state index is 0.0564. The van der Waals surface area contributed by atoms with Gasteiger partial charge in [-0.15, -0.1) is 0 Å². The summed E-state index contributed by atoms with van der Waals surface area (Å²) in [5.74, 6) is -2.38. The second-order valence-corrected chi connectivity index (χ2v) is 15.3. The zero-order valence-corrected chi connectivity index (χ0v) is 30.5. The van der Waals surface area contributed by atoms with Gasteiger partial charge in [0.1, 0.15) is 16.8 Å². The Kier molecular flexibility index (Phi) is 12.6. The van der Waals surface area contributed by atoms with Crippen molar-refractivity contribution in [2.75, 3.05) is 19.8 Å². The molecular weight excluding hydrogens is 624 g/mol. The molecule has 0 aliphatic rings. The maximum atomic E-state index is 13.6. The van der Waals surface area contributed by atoms with Gasteiger partial charge in [0.2, 0.25) is 0 Å². The summed E-state index contributed by atoms with van der Waals surface area (Å²) >= 11 is 0. The Balaban J connectivity index is 1.81. The number of rotatable bonds is 16. The van der Waals surface area contributed by atoms with Gasteiger partial charge < -0.3 is 28.8 Å². The molecule has 1 N–H and O–H groups in total. The number of hydrogen-bond donors (Lipinski definition) is 1. The number of esters is 3. The van der Waals surface area contributed by atoms with Crippen LogP contribution in [-0.4, -0.2) is 65.2 Å². The lowest BCUT2D eigenvalue weighted by Gasteiger charge is -2.32. The molecule has 0 saturated carbocycles. The lowest BCUT2D eigenvalue weighted by Crippen LogP contribution is -2.39. The molecule has 0 fully saturated rings. The molecule has 3 rings (SSSR count). The van der Waals surface area contributed by atoms with E-state index in [0.29, 0.717) is 6.42 Å². The molecule has 49 heavy (non-hydrogen) atoms. The van der Waals surface area contributed by atoms with Crippen molar-refractivity contribution >= 4 is 17.9 Å². The van der Waals surface area contributed by atoms with E-state index < -0.39 is 52.5 Å². The molecule has 0 saturated heterocycles. The van der Waals surface area contributed by atoms with Crippen molar-refractivity contribution in [3.63, 3.8) is 0 Å². The monoisotopic (exact) mass is 676 g/mol. The second-order valence-electron chi connectivity index (χ2n) is 15.3. The highest BCUT2D eigenvalue weighted by atomic mass is 16.6. The van der Waals surface area contributed by atoms with Crippen LogP contribution in [0.15, 0.2) is 78.9 Å². The van der Waals surface area contributed by atoms with E-state index in [1.54, 1.807) is 41.5 Å². The summed E-state index contributed by atoms with van der Waals surface area (Å²) in [7, 11) is 0. The molecule has 9 heteroatoms. The molecule has 0 spiro atoms. The summed E-state index contributed by atoms with van der Waals surface area (Å²) in [5.41, 5.74) is -2.66. The van der Waals surface area contributed by atoms with Crippen LogP contribution < -0.4 is 0 Å². The van der Waals surface area contributed by atoms with Gasteiger partial charge in [0.05, 0.1) is 47.7 Å². The minimum atomic E-state index is -1.20. The van der Waals surface area contributed by atoms with Crippen LogP contribution in [0, 0.1) is 0 Å². The molecule has 0 radical (unpaired) electrons.